The van der Waals surface area contributed by atoms with Crippen molar-refractivity contribution in [2.45, 2.75) is 39.5 Å². The molecule has 2 rings (SSSR count). The summed E-state index contributed by atoms with van der Waals surface area (Å²) < 4.78 is 0. The molecular formula is C16H20N2. The highest BCUT2D eigenvalue weighted by atomic mass is 14.8. The highest BCUT2D eigenvalue weighted by Gasteiger charge is 2.07. The molecule has 0 amide bonds. The number of rotatable bonds is 5. The summed E-state index contributed by atoms with van der Waals surface area (Å²) in [5.74, 6) is 0. The normalized spacial score (nSPS) is 10.8. The van der Waals surface area contributed by atoms with E-state index in [0.717, 1.165) is 17.6 Å². The summed E-state index contributed by atoms with van der Waals surface area (Å²) >= 11 is 0. The van der Waals surface area contributed by atoms with Crippen LogP contribution in [0.25, 0.3) is 10.9 Å². The zero-order valence-corrected chi connectivity index (χ0v) is 11.2. The van der Waals surface area contributed by atoms with Crippen LogP contribution < -0.4 is 0 Å². The Bertz CT molecular complexity index is 558. The summed E-state index contributed by atoms with van der Waals surface area (Å²) in [6.07, 6.45) is 6.69. The topological polar surface area (TPSA) is 25.2 Å². The van der Waals surface area contributed by atoms with E-state index in [2.05, 4.69) is 48.7 Å². The van der Waals surface area contributed by atoms with Crippen molar-refractivity contribution in [1.82, 2.24) is 4.98 Å². The molecule has 1 aromatic carbocycles. The predicted octanol–water partition coefficient (Wildman–Crippen LogP) is 4.61. The van der Waals surface area contributed by atoms with Gasteiger partial charge in [-0.2, -0.15) is 0 Å². The third-order valence-electron chi connectivity index (χ3n) is 3.43. The number of hydrogen-bond acceptors (Lipinski definition) is 2. The fourth-order valence-electron chi connectivity index (χ4n) is 2.42. The van der Waals surface area contributed by atoms with E-state index in [1.165, 1.54) is 35.8 Å². The van der Waals surface area contributed by atoms with Crippen molar-refractivity contribution in [3.8, 4) is 0 Å². The van der Waals surface area contributed by atoms with Gasteiger partial charge in [0.15, 0.2) is 0 Å². The molecule has 1 heterocycles. The molecule has 0 atom stereocenters. The molecule has 0 bridgehead atoms. The lowest BCUT2D eigenvalue weighted by atomic mass is 9.98. The molecule has 0 saturated heterocycles. The fraction of sp³-hybridized carbons (Fsp3) is 0.375. The smallest absolute Gasteiger partial charge is 0.0841 e. The summed E-state index contributed by atoms with van der Waals surface area (Å²) in [5.41, 5.74) is 4.54. The van der Waals surface area contributed by atoms with Crippen LogP contribution in [0.5, 0.6) is 0 Å². The SMILES string of the molecule is C=Nc1cnc2cccc(CCCCC)c2c1C. The number of unbranched alkanes of at least 4 members (excludes halogenated alkanes) is 2. The summed E-state index contributed by atoms with van der Waals surface area (Å²) in [5, 5.41) is 1.26. The third-order valence-corrected chi connectivity index (χ3v) is 3.43. The number of aromatic nitrogens is 1. The molecular weight excluding hydrogens is 220 g/mol. The number of benzene rings is 1. The van der Waals surface area contributed by atoms with Crippen molar-refractivity contribution in [3.05, 3.63) is 35.5 Å². The van der Waals surface area contributed by atoms with Crippen molar-refractivity contribution in [3.63, 3.8) is 0 Å². The van der Waals surface area contributed by atoms with Gasteiger partial charge in [-0.05, 0) is 43.7 Å². The predicted molar refractivity (Wildman–Crippen MR) is 78.9 cm³/mol. The standard InChI is InChI=1S/C16H20N2/c1-4-5-6-8-13-9-7-10-14-16(13)12(2)15(17-3)11-18-14/h7,9-11H,3-6,8H2,1-2H3. The Morgan fingerprint density at radius 3 is 2.83 bits per heavy atom. The first-order chi connectivity index (χ1) is 8.77. The molecule has 2 heteroatoms. The summed E-state index contributed by atoms with van der Waals surface area (Å²) in [6.45, 7) is 7.95. The maximum absolute atomic E-state index is 4.47. The number of aliphatic imine (C=N–C) groups is 1. The molecule has 0 N–H and O–H groups in total. The largest absolute Gasteiger partial charge is 0.263 e. The van der Waals surface area contributed by atoms with Crippen LogP contribution in [0, 0.1) is 6.92 Å². The number of nitrogens with zero attached hydrogens (tertiary/aromatic N) is 2. The maximum Gasteiger partial charge on any atom is 0.0841 e. The minimum Gasteiger partial charge on any atom is -0.263 e. The molecule has 2 nitrogen and oxygen atoms in total. The van der Waals surface area contributed by atoms with E-state index < -0.39 is 0 Å². The lowest BCUT2D eigenvalue weighted by Gasteiger charge is -2.10. The van der Waals surface area contributed by atoms with Crippen molar-refractivity contribution in [1.29, 1.82) is 0 Å². The third kappa shape index (κ3) is 2.42. The molecule has 18 heavy (non-hydrogen) atoms. The van der Waals surface area contributed by atoms with Gasteiger partial charge in [0, 0.05) is 5.39 Å². The number of aryl methyl sites for hydroxylation is 2. The molecule has 0 aliphatic heterocycles. The molecule has 0 saturated carbocycles. The summed E-state index contributed by atoms with van der Waals surface area (Å²) in [4.78, 5) is 8.51. The van der Waals surface area contributed by atoms with Crippen LogP contribution in [0.1, 0.15) is 37.3 Å². The number of hydrogen-bond donors (Lipinski definition) is 0. The quantitative estimate of drug-likeness (QED) is 0.553. The molecule has 1 aromatic heterocycles. The second-order valence-corrected chi connectivity index (χ2v) is 4.69. The second-order valence-electron chi connectivity index (χ2n) is 4.69. The van der Waals surface area contributed by atoms with E-state index in [0.29, 0.717) is 0 Å². The van der Waals surface area contributed by atoms with Crippen molar-refractivity contribution in [2.24, 2.45) is 4.99 Å². The molecule has 0 radical (unpaired) electrons. The van der Waals surface area contributed by atoms with Crippen LogP contribution in [-0.4, -0.2) is 11.7 Å². The lowest BCUT2D eigenvalue weighted by molar-refractivity contribution is 0.719. The first-order valence-electron chi connectivity index (χ1n) is 6.61. The van der Waals surface area contributed by atoms with Crippen LogP contribution >= 0.6 is 0 Å². The van der Waals surface area contributed by atoms with Crippen LogP contribution in [0.4, 0.5) is 5.69 Å². The monoisotopic (exact) mass is 240 g/mol. The van der Waals surface area contributed by atoms with E-state index in [-0.39, 0.29) is 0 Å². The molecule has 0 spiro atoms. The average molecular weight is 240 g/mol. The summed E-state index contributed by atoms with van der Waals surface area (Å²) in [7, 11) is 0. The van der Waals surface area contributed by atoms with E-state index in [9.17, 15) is 0 Å². The van der Waals surface area contributed by atoms with Crippen LogP contribution in [0.2, 0.25) is 0 Å². The highest BCUT2D eigenvalue weighted by molar-refractivity contribution is 5.88. The Morgan fingerprint density at radius 2 is 2.11 bits per heavy atom. The molecule has 0 unspecified atom stereocenters. The van der Waals surface area contributed by atoms with Crippen molar-refractivity contribution >= 4 is 23.3 Å². The minimum atomic E-state index is 0.894. The molecule has 0 aliphatic rings. The molecule has 2 aromatic rings. The van der Waals surface area contributed by atoms with Gasteiger partial charge in [0.2, 0.25) is 0 Å². The van der Waals surface area contributed by atoms with E-state index in [1.807, 2.05) is 0 Å². The zero-order valence-electron chi connectivity index (χ0n) is 11.2. The highest BCUT2D eigenvalue weighted by Crippen LogP contribution is 2.28. The number of pyridine rings is 1. The van der Waals surface area contributed by atoms with E-state index >= 15 is 0 Å². The Balaban J connectivity index is 2.48. The fourth-order valence-corrected chi connectivity index (χ4v) is 2.42. The van der Waals surface area contributed by atoms with Gasteiger partial charge in [-0.3, -0.25) is 9.98 Å². The van der Waals surface area contributed by atoms with Gasteiger partial charge in [-0.1, -0.05) is 31.9 Å². The molecule has 0 fully saturated rings. The van der Waals surface area contributed by atoms with Gasteiger partial charge in [-0.15, -0.1) is 0 Å². The molecule has 94 valence electrons. The van der Waals surface area contributed by atoms with Gasteiger partial charge in [0.05, 0.1) is 17.4 Å². The zero-order chi connectivity index (χ0) is 13.0. The van der Waals surface area contributed by atoms with Crippen LogP contribution in [0.15, 0.2) is 29.4 Å². The number of fused-ring (bicyclic) bond motifs is 1. The van der Waals surface area contributed by atoms with Crippen molar-refractivity contribution in [2.75, 3.05) is 0 Å². The summed E-state index contributed by atoms with van der Waals surface area (Å²) in [6, 6.07) is 6.37. The van der Waals surface area contributed by atoms with E-state index in [4.69, 9.17) is 0 Å². The Morgan fingerprint density at radius 1 is 1.28 bits per heavy atom. The van der Waals surface area contributed by atoms with Crippen LogP contribution in [0.3, 0.4) is 0 Å². The Hall–Kier alpha value is -1.70. The van der Waals surface area contributed by atoms with Gasteiger partial charge in [0.1, 0.15) is 0 Å². The van der Waals surface area contributed by atoms with Gasteiger partial charge in [-0.25, -0.2) is 0 Å². The second kappa shape index (κ2) is 5.76. The first kappa shape index (κ1) is 12.7. The first-order valence-corrected chi connectivity index (χ1v) is 6.61. The van der Waals surface area contributed by atoms with Crippen LogP contribution in [-0.2, 0) is 6.42 Å². The van der Waals surface area contributed by atoms with E-state index in [1.54, 1.807) is 6.20 Å². The Labute approximate surface area is 109 Å². The maximum atomic E-state index is 4.47. The van der Waals surface area contributed by atoms with Crippen molar-refractivity contribution < 1.29 is 0 Å². The minimum absolute atomic E-state index is 0.894. The van der Waals surface area contributed by atoms with Gasteiger partial charge in [0.25, 0.3) is 0 Å². The lowest BCUT2D eigenvalue weighted by Crippen LogP contribution is -1.92. The Kier molecular flexibility index (Phi) is 4.08. The average Bonchev–Trinajstić information content (AvgIpc) is 2.39. The van der Waals surface area contributed by atoms with Gasteiger partial charge < -0.3 is 0 Å². The van der Waals surface area contributed by atoms with Gasteiger partial charge >= 0.3 is 0 Å². The molecule has 0 aliphatic carbocycles.